The van der Waals surface area contributed by atoms with Crippen LogP contribution in [-0.4, -0.2) is 13.9 Å². The number of hydrogen-bond acceptors (Lipinski definition) is 2. The van der Waals surface area contributed by atoms with E-state index in [-0.39, 0.29) is 10.8 Å². The molecule has 3 nitrogen and oxygen atoms in total. The van der Waals surface area contributed by atoms with Crippen molar-refractivity contribution in [1.82, 2.24) is 9.71 Å². The van der Waals surface area contributed by atoms with E-state index < -0.39 is 11.0 Å². The Bertz CT molecular complexity index is 426. The summed E-state index contributed by atoms with van der Waals surface area (Å²) in [6, 6.07) is 2.26. The van der Waals surface area contributed by atoms with Crippen LogP contribution in [-0.2, 0) is 17.4 Å². The predicted octanol–water partition coefficient (Wildman–Crippen LogP) is 2.51. The third-order valence-electron chi connectivity index (χ3n) is 3.07. The van der Waals surface area contributed by atoms with Crippen LogP contribution in [0.5, 0.6) is 0 Å². The first-order valence-corrected chi connectivity index (χ1v) is 7.24. The van der Waals surface area contributed by atoms with E-state index in [0.717, 1.165) is 19.3 Å². The van der Waals surface area contributed by atoms with Crippen LogP contribution in [0.3, 0.4) is 0 Å². The molecule has 2 atom stereocenters. The molecule has 1 N–H and O–H groups in total. The smallest absolute Gasteiger partial charge is 0.0975 e. The standard InChI is InChI=1S/C13H20N2OS/c1-13(2,3)17(16)15-12-6-4-5-10-7-8-14-9-11(10)12/h7-9,12,15H,4-6H2,1-3H3/t12-,17+/m0/s1. The molecule has 1 aliphatic rings. The molecule has 17 heavy (non-hydrogen) atoms. The van der Waals surface area contributed by atoms with Crippen molar-refractivity contribution in [1.29, 1.82) is 0 Å². The Morgan fingerprint density at radius 3 is 2.94 bits per heavy atom. The van der Waals surface area contributed by atoms with Crippen molar-refractivity contribution in [2.24, 2.45) is 0 Å². The summed E-state index contributed by atoms with van der Waals surface area (Å²) >= 11 is 0. The number of fused-ring (bicyclic) bond motifs is 1. The van der Waals surface area contributed by atoms with Crippen molar-refractivity contribution >= 4 is 11.0 Å². The average molecular weight is 252 g/mol. The fourth-order valence-electron chi connectivity index (χ4n) is 2.06. The lowest BCUT2D eigenvalue weighted by Gasteiger charge is -2.28. The quantitative estimate of drug-likeness (QED) is 0.878. The van der Waals surface area contributed by atoms with Gasteiger partial charge < -0.3 is 0 Å². The van der Waals surface area contributed by atoms with Gasteiger partial charge in [-0.15, -0.1) is 0 Å². The average Bonchev–Trinajstić information content (AvgIpc) is 2.28. The monoisotopic (exact) mass is 252 g/mol. The summed E-state index contributed by atoms with van der Waals surface area (Å²) < 4.78 is 15.1. The molecule has 0 radical (unpaired) electrons. The fraction of sp³-hybridized carbons (Fsp3) is 0.615. The fourth-order valence-corrected chi connectivity index (χ4v) is 2.91. The third kappa shape index (κ3) is 2.93. The minimum absolute atomic E-state index is 0.188. The number of nitrogens with zero attached hydrogens (tertiary/aromatic N) is 1. The molecule has 94 valence electrons. The van der Waals surface area contributed by atoms with E-state index in [1.165, 1.54) is 11.1 Å². The third-order valence-corrected chi connectivity index (χ3v) is 4.68. The number of nitrogens with one attached hydrogen (secondary N) is 1. The maximum Gasteiger partial charge on any atom is 0.0975 e. The highest BCUT2D eigenvalue weighted by molar-refractivity contribution is 7.84. The van der Waals surface area contributed by atoms with Crippen molar-refractivity contribution < 1.29 is 4.21 Å². The molecule has 1 aromatic rings. The molecule has 0 amide bonds. The first-order valence-electron chi connectivity index (χ1n) is 6.09. The highest BCUT2D eigenvalue weighted by Crippen LogP contribution is 2.29. The second-order valence-electron chi connectivity index (χ2n) is 5.52. The molecule has 4 heteroatoms. The lowest BCUT2D eigenvalue weighted by molar-refractivity contribution is 0.522. The summed E-state index contributed by atoms with van der Waals surface area (Å²) in [4.78, 5) is 4.18. The Labute approximate surface area is 106 Å². The van der Waals surface area contributed by atoms with E-state index in [4.69, 9.17) is 0 Å². The van der Waals surface area contributed by atoms with E-state index in [2.05, 4.69) is 15.8 Å². The lowest BCUT2D eigenvalue weighted by atomic mass is 9.90. The van der Waals surface area contributed by atoms with Gasteiger partial charge in [0, 0.05) is 18.4 Å². The summed E-state index contributed by atoms with van der Waals surface area (Å²) in [6.07, 6.45) is 7.04. The number of aryl methyl sites for hydroxylation is 1. The molecule has 0 aromatic carbocycles. The second-order valence-corrected chi connectivity index (χ2v) is 7.52. The van der Waals surface area contributed by atoms with Gasteiger partial charge in [-0.1, -0.05) is 0 Å². The molecular formula is C13H20N2OS. The van der Waals surface area contributed by atoms with Crippen LogP contribution in [0.2, 0.25) is 0 Å². The van der Waals surface area contributed by atoms with Gasteiger partial charge in [0.15, 0.2) is 0 Å². The van der Waals surface area contributed by atoms with Gasteiger partial charge in [0.1, 0.15) is 0 Å². The maximum atomic E-state index is 12.1. The Morgan fingerprint density at radius 2 is 2.24 bits per heavy atom. The molecule has 2 rings (SSSR count). The van der Waals surface area contributed by atoms with Gasteiger partial charge in [-0.25, -0.2) is 8.93 Å². The maximum absolute atomic E-state index is 12.1. The van der Waals surface area contributed by atoms with Crippen molar-refractivity contribution in [3.8, 4) is 0 Å². The molecule has 1 aromatic heterocycles. The number of aromatic nitrogens is 1. The van der Waals surface area contributed by atoms with Crippen LogP contribution in [0.25, 0.3) is 0 Å². The largest absolute Gasteiger partial charge is 0.264 e. The summed E-state index contributed by atoms with van der Waals surface area (Å²) in [7, 11) is -1.02. The summed E-state index contributed by atoms with van der Waals surface area (Å²) in [5.41, 5.74) is 2.56. The van der Waals surface area contributed by atoms with E-state index >= 15 is 0 Å². The molecule has 0 fully saturated rings. The van der Waals surface area contributed by atoms with Crippen LogP contribution < -0.4 is 4.72 Å². The minimum Gasteiger partial charge on any atom is -0.264 e. The number of hydrogen-bond donors (Lipinski definition) is 1. The summed E-state index contributed by atoms with van der Waals surface area (Å²) in [6.45, 7) is 5.97. The normalized spacial score (nSPS) is 21.9. The lowest BCUT2D eigenvalue weighted by Crippen LogP contribution is -2.37. The van der Waals surface area contributed by atoms with Crippen LogP contribution in [0.1, 0.15) is 50.8 Å². The van der Waals surface area contributed by atoms with Gasteiger partial charge in [0.2, 0.25) is 0 Å². The molecule has 0 unspecified atom stereocenters. The Balaban J connectivity index is 2.17. The van der Waals surface area contributed by atoms with Crippen LogP contribution >= 0.6 is 0 Å². The molecule has 1 heterocycles. The van der Waals surface area contributed by atoms with Gasteiger partial charge in [-0.2, -0.15) is 0 Å². The number of pyridine rings is 1. The zero-order chi connectivity index (χ0) is 12.5. The molecule has 1 aliphatic carbocycles. The predicted molar refractivity (Wildman–Crippen MR) is 70.9 cm³/mol. The Kier molecular flexibility index (Phi) is 3.64. The molecule has 0 saturated carbocycles. The van der Waals surface area contributed by atoms with Gasteiger partial charge >= 0.3 is 0 Å². The minimum atomic E-state index is -1.02. The Morgan fingerprint density at radius 1 is 1.47 bits per heavy atom. The van der Waals surface area contributed by atoms with E-state index in [1.54, 1.807) is 0 Å². The zero-order valence-electron chi connectivity index (χ0n) is 10.7. The first kappa shape index (κ1) is 12.7. The molecular weight excluding hydrogens is 232 g/mol. The number of rotatable bonds is 2. The SMILES string of the molecule is CC(C)(C)[S@@](=O)N[C@H]1CCCc2ccncc21. The van der Waals surface area contributed by atoms with E-state index in [0.29, 0.717) is 0 Å². The Hall–Kier alpha value is -0.740. The second kappa shape index (κ2) is 4.86. The highest BCUT2D eigenvalue weighted by Gasteiger charge is 2.26. The highest BCUT2D eigenvalue weighted by atomic mass is 32.2. The van der Waals surface area contributed by atoms with E-state index in [1.807, 2.05) is 33.2 Å². The van der Waals surface area contributed by atoms with Crippen molar-refractivity contribution in [2.75, 3.05) is 0 Å². The molecule has 0 aliphatic heterocycles. The first-order chi connectivity index (χ1) is 7.98. The van der Waals surface area contributed by atoms with Crippen molar-refractivity contribution in [3.05, 3.63) is 29.6 Å². The van der Waals surface area contributed by atoms with Crippen LogP contribution in [0.4, 0.5) is 0 Å². The zero-order valence-corrected chi connectivity index (χ0v) is 11.5. The van der Waals surface area contributed by atoms with Crippen LogP contribution in [0.15, 0.2) is 18.5 Å². The summed E-state index contributed by atoms with van der Waals surface area (Å²) in [5.74, 6) is 0. The molecule has 0 spiro atoms. The van der Waals surface area contributed by atoms with E-state index in [9.17, 15) is 4.21 Å². The molecule has 0 bridgehead atoms. The van der Waals surface area contributed by atoms with Gasteiger partial charge in [-0.05, 0) is 57.2 Å². The topological polar surface area (TPSA) is 42.0 Å². The van der Waals surface area contributed by atoms with Crippen LogP contribution in [0, 0.1) is 0 Å². The van der Waals surface area contributed by atoms with Gasteiger partial charge in [0.05, 0.1) is 15.7 Å². The van der Waals surface area contributed by atoms with Crippen molar-refractivity contribution in [3.63, 3.8) is 0 Å². The van der Waals surface area contributed by atoms with Crippen molar-refractivity contribution in [2.45, 2.75) is 50.8 Å². The molecule has 0 saturated heterocycles. The summed E-state index contributed by atoms with van der Waals surface area (Å²) in [5, 5.41) is 0. The van der Waals surface area contributed by atoms with Gasteiger partial charge in [-0.3, -0.25) is 4.98 Å². The van der Waals surface area contributed by atoms with Gasteiger partial charge in [0.25, 0.3) is 0 Å².